The minimum absolute atomic E-state index is 0.0859. The van der Waals surface area contributed by atoms with Crippen LogP contribution >= 0.6 is 0 Å². The number of rotatable bonds is 7. The van der Waals surface area contributed by atoms with Gasteiger partial charge < -0.3 is 25.1 Å². The quantitative estimate of drug-likeness (QED) is 0.424. The molecule has 1 aliphatic rings. The van der Waals surface area contributed by atoms with Crippen LogP contribution < -0.4 is 20.6 Å². The zero-order chi connectivity index (χ0) is 30.3. The fourth-order valence-corrected chi connectivity index (χ4v) is 3.68. The van der Waals surface area contributed by atoms with E-state index in [0.29, 0.717) is 23.4 Å². The first kappa shape index (κ1) is 32.5. The van der Waals surface area contributed by atoms with E-state index in [1.165, 1.54) is 7.11 Å². The number of hydroxylamine groups is 1. The summed E-state index contributed by atoms with van der Waals surface area (Å²) in [6.07, 6.45) is -5.08. The molecule has 0 aliphatic carbocycles. The van der Waals surface area contributed by atoms with E-state index in [2.05, 4.69) is 53.3 Å². The fraction of sp³-hybridized carbons (Fsp3) is 0.560. The molecule has 0 unspecified atom stereocenters. The average Bonchev–Trinajstić information content (AvgIpc) is 2.84. The molecule has 222 valence electrons. The highest BCUT2D eigenvalue weighted by molar-refractivity contribution is 5.94. The van der Waals surface area contributed by atoms with Crippen molar-refractivity contribution >= 4 is 35.4 Å². The molecule has 2 heterocycles. The number of aliphatic carboxylic acids is 1. The maximum absolute atomic E-state index is 12.2. The van der Waals surface area contributed by atoms with Gasteiger partial charge in [-0.1, -0.05) is 26.8 Å². The number of carboxylic acids is 1. The average molecular weight is 571 g/mol. The molecule has 2 aromatic rings. The van der Waals surface area contributed by atoms with Crippen molar-refractivity contribution in [3.63, 3.8) is 0 Å². The third-order valence-corrected chi connectivity index (χ3v) is 5.63. The topological polar surface area (TPSA) is 136 Å². The van der Waals surface area contributed by atoms with Crippen LogP contribution in [0.15, 0.2) is 18.2 Å². The van der Waals surface area contributed by atoms with Gasteiger partial charge in [-0.25, -0.2) is 10.3 Å². The van der Waals surface area contributed by atoms with Crippen LogP contribution in [0.2, 0.25) is 0 Å². The predicted molar refractivity (Wildman–Crippen MR) is 145 cm³/mol. The van der Waals surface area contributed by atoms with Crippen LogP contribution in [0.3, 0.4) is 0 Å². The Bertz CT molecular complexity index is 1170. The van der Waals surface area contributed by atoms with E-state index in [4.69, 9.17) is 29.7 Å². The lowest BCUT2D eigenvalue weighted by Gasteiger charge is -2.33. The van der Waals surface area contributed by atoms with E-state index in [1.54, 1.807) is 12.1 Å². The molecule has 3 rings (SSSR count). The first-order valence-corrected chi connectivity index (χ1v) is 12.4. The number of amides is 1. The summed E-state index contributed by atoms with van der Waals surface area (Å²) in [5.74, 6) is -1.36. The highest BCUT2D eigenvalue weighted by Gasteiger charge is 2.38. The van der Waals surface area contributed by atoms with Crippen molar-refractivity contribution in [2.75, 3.05) is 69.0 Å². The summed E-state index contributed by atoms with van der Waals surface area (Å²) in [5.41, 5.74) is 4.63. The number of carboxylic acid groups (broad SMARTS) is 1. The third kappa shape index (κ3) is 10.1. The second-order valence-electron chi connectivity index (χ2n) is 10.6. The number of benzene rings is 1. The maximum atomic E-state index is 12.2. The molecule has 0 radical (unpaired) electrons. The number of aryl methyl sites for hydroxylation is 1. The smallest absolute Gasteiger partial charge is 0.475 e. The number of piperazine rings is 1. The number of hydrogen-bond acceptors (Lipinski definition) is 10. The van der Waals surface area contributed by atoms with Gasteiger partial charge >= 0.3 is 12.1 Å². The summed E-state index contributed by atoms with van der Waals surface area (Å²) in [5, 5.41) is 10.4. The number of alkyl halides is 3. The highest BCUT2D eigenvalue weighted by atomic mass is 19.4. The van der Waals surface area contributed by atoms with Gasteiger partial charge in [0.05, 0.1) is 7.11 Å². The van der Waals surface area contributed by atoms with Crippen molar-refractivity contribution in [2.24, 2.45) is 5.41 Å². The number of carbonyl (C=O) groups excluding carboxylic acids is 1. The molecule has 1 amide bonds. The summed E-state index contributed by atoms with van der Waals surface area (Å²) in [7, 11) is 5.53. The van der Waals surface area contributed by atoms with E-state index in [-0.39, 0.29) is 11.3 Å². The van der Waals surface area contributed by atoms with Crippen molar-refractivity contribution in [1.82, 2.24) is 25.3 Å². The zero-order valence-corrected chi connectivity index (χ0v) is 23.8. The Hall–Kier alpha value is -3.72. The van der Waals surface area contributed by atoms with Crippen LogP contribution in [0.25, 0.3) is 0 Å². The SMILES string of the molecule is CONC(=O)c1ccc(C)c(Nc2nc(N(C)CC(C)(C)C)nc(N3CCN(C)CC3)n2)c1.O=C(O)C(F)(F)F. The first-order valence-electron chi connectivity index (χ1n) is 12.4. The number of nitrogens with one attached hydrogen (secondary N) is 2. The number of likely N-dealkylation sites (N-methyl/N-ethyl adjacent to an activating group) is 1. The molecule has 3 N–H and O–H groups in total. The van der Waals surface area contributed by atoms with Gasteiger partial charge in [0.15, 0.2) is 0 Å². The van der Waals surface area contributed by atoms with Gasteiger partial charge in [0, 0.05) is 51.0 Å². The third-order valence-electron chi connectivity index (χ3n) is 5.63. The van der Waals surface area contributed by atoms with Crippen LogP contribution in [0.5, 0.6) is 0 Å². The molecule has 1 fully saturated rings. The molecule has 40 heavy (non-hydrogen) atoms. The summed E-state index contributed by atoms with van der Waals surface area (Å²) in [4.78, 5) is 46.6. The minimum Gasteiger partial charge on any atom is -0.475 e. The van der Waals surface area contributed by atoms with E-state index in [1.807, 2.05) is 20.0 Å². The molecule has 1 saturated heterocycles. The van der Waals surface area contributed by atoms with Crippen LogP contribution in [-0.2, 0) is 9.63 Å². The van der Waals surface area contributed by atoms with Crippen LogP contribution in [0.4, 0.5) is 36.7 Å². The Morgan fingerprint density at radius 1 is 1.10 bits per heavy atom. The number of hydrogen-bond donors (Lipinski definition) is 3. The Balaban J connectivity index is 0.000000708. The minimum atomic E-state index is -5.08. The lowest BCUT2D eigenvalue weighted by atomic mass is 9.96. The summed E-state index contributed by atoms with van der Waals surface area (Å²) in [6, 6.07) is 5.39. The Morgan fingerprint density at radius 2 is 1.70 bits per heavy atom. The summed E-state index contributed by atoms with van der Waals surface area (Å²) in [6.45, 7) is 12.9. The largest absolute Gasteiger partial charge is 0.490 e. The van der Waals surface area contributed by atoms with Crippen molar-refractivity contribution in [3.8, 4) is 0 Å². The monoisotopic (exact) mass is 570 g/mol. The molecular formula is C25H37F3N8O4. The number of nitrogens with zero attached hydrogens (tertiary/aromatic N) is 6. The summed E-state index contributed by atoms with van der Waals surface area (Å²) >= 11 is 0. The van der Waals surface area contributed by atoms with Crippen molar-refractivity contribution in [3.05, 3.63) is 29.3 Å². The number of carbonyl (C=O) groups is 2. The molecule has 15 heteroatoms. The maximum Gasteiger partial charge on any atom is 0.490 e. The molecule has 1 aromatic heterocycles. The van der Waals surface area contributed by atoms with Crippen molar-refractivity contribution in [2.45, 2.75) is 33.9 Å². The predicted octanol–water partition coefficient (Wildman–Crippen LogP) is 3.08. The number of anilines is 4. The molecule has 0 atom stereocenters. The molecule has 1 aromatic carbocycles. The van der Waals surface area contributed by atoms with Crippen LogP contribution in [0, 0.1) is 12.3 Å². The second kappa shape index (κ2) is 13.6. The van der Waals surface area contributed by atoms with Crippen molar-refractivity contribution < 1.29 is 32.7 Å². The summed E-state index contributed by atoms with van der Waals surface area (Å²) < 4.78 is 31.7. The number of halogens is 3. The molecule has 12 nitrogen and oxygen atoms in total. The van der Waals surface area contributed by atoms with Gasteiger partial charge in [0.25, 0.3) is 5.91 Å². The van der Waals surface area contributed by atoms with E-state index < -0.39 is 12.1 Å². The Labute approximate surface area is 231 Å². The second-order valence-corrected chi connectivity index (χ2v) is 10.6. The van der Waals surface area contributed by atoms with E-state index in [0.717, 1.165) is 44.0 Å². The van der Waals surface area contributed by atoms with Gasteiger partial charge in [0.1, 0.15) is 0 Å². The van der Waals surface area contributed by atoms with Gasteiger partial charge in [0.2, 0.25) is 17.8 Å². The van der Waals surface area contributed by atoms with E-state index >= 15 is 0 Å². The van der Waals surface area contributed by atoms with Gasteiger partial charge in [-0.2, -0.15) is 28.1 Å². The van der Waals surface area contributed by atoms with Gasteiger partial charge in [-0.05, 0) is 37.1 Å². The van der Waals surface area contributed by atoms with Crippen molar-refractivity contribution in [1.29, 1.82) is 0 Å². The Kier molecular flexibility index (Phi) is 11.0. The molecule has 0 saturated carbocycles. The lowest BCUT2D eigenvalue weighted by molar-refractivity contribution is -0.192. The standard InChI is InChI=1S/C23H36N8O2.C2HF3O2/c1-16-8-9-17(19(32)28-33-7)14-18(16)24-20-25-21(30(6)15-23(2,3)4)27-22(26-20)31-12-10-29(5)11-13-31;3-2(4,5)1(6)7/h8-9,14H,10-13,15H2,1-7H3,(H,28,32)(H,24,25,26,27);(H,6,7). The number of aromatic nitrogens is 3. The van der Waals surface area contributed by atoms with Gasteiger partial charge in [-0.15, -0.1) is 0 Å². The van der Waals surface area contributed by atoms with Crippen LogP contribution in [-0.4, -0.2) is 96.9 Å². The zero-order valence-electron chi connectivity index (χ0n) is 23.8. The highest BCUT2D eigenvalue weighted by Crippen LogP contribution is 2.25. The van der Waals surface area contributed by atoms with E-state index in [9.17, 15) is 18.0 Å². The molecule has 0 bridgehead atoms. The fourth-order valence-electron chi connectivity index (χ4n) is 3.68. The Morgan fingerprint density at radius 3 is 2.23 bits per heavy atom. The molecular weight excluding hydrogens is 533 g/mol. The lowest BCUT2D eigenvalue weighted by Crippen LogP contribution is -2.45. The van der Waals surface area contributed by atoms with Crippen LogP contribution in [0.1, 0.15) is 36.7 Å². The molecule has 1 aliphatic heterocycles. The normalized spacial score (nSPS) is 14.2. The molecule has 0 spiro atoms. The first-order chi connectivity index (χ1) is 18.5. The van der Waals surface area contributed by atoms with Gasteiger partial charge in [-0.3, -0.25) is 9.63 Å².